The van der Waals surface area contributed by atoms with Crippen molar-refractivity contribution in [3.8, 4) is 11.3 Å². The van der Waals surface area contributed by atoms with Crippen LogP contribution in [0.2, 0.25) is 0 Å². The van der Waals surface area contributed by atoms with Crippen LogP contribution < -0.4 is 10.6 Å². The summed E-state index contributed by atoms with van der Waals surface area (Å²) in [6, 6.07) is 8.23. The molecule has 3 rings (SSSR count). The zero-order valence-corrected chi connectivity index (χ0v) is 12.9. The Morgan fingerprint density at radius 3 is 2.81 bits per heavy atom. The van der Waals surface area contributed by atoms with Gasteiger partial charge >= 0.3 is 0 Å². The number of piperidine rings is 1. The predicted octanol–water partition coefficient (Wildman–Crippen LogP) is 3.58. The molecule has 1 amide bonds. The number of hydrogen-bond acceptors (Lipinski definition) is 4. The van der Waals surface area contributed by atoms with E-state index in [-0.39, 0.29) is 5.91 Å². The Morgan fingerprint density at radius 1 is 1.33 bits per heavy atom. The van der Waals surface area contributed by atoms with Crippen LogP contribution in [0.25, 0.3) is 11.3 Å². The lowest BCUT2D eigenvalue weighted by Crippen LogP contribution is -2.26. The van der Waals surface area contributed by atoms with Crippen LogP contribution in [0.4, 0.5) is 5.69 Å². The van der Waals surface area contributed by atoms with Gasteiger partial charge in [0.2, 0.25) is 5.91 Å². The Hall–Kier alpha value is -1.72. The molecule has 5 heteroatoms. The van der Waals surface area contributed by atoms with Gasteiger partial charge in [0.1, 0.15) is 5.01 Å². The highest BCUT2D eigenvalue weighted by atomic mass is 32.1. The van der Waals surface area contributed by atoms with Crippen LogP contribution >= 0.6 is 11.3 Å². The van der Waals surface area contributed by atoms with Crippen molar-refractivity contribution in [1.29, 1.82) is 0 Å². The molecule has 0 aliphatic carbocycles. The van der Waals surface area contributed by atoms with E-state index in [1.165, 1.54) is 31.2 Å². The molecule has 110 valence electrons. The van der Waals surface area contributed by atoms with E-state index < -0.39 is 0 Å². The highest BCUT2D eigenvalue weighted by Gasteiger charge is 2.18. The van der Waals surface area contributed by atoms with Crippen molar-refractivity contribution in [2.75, 3.05) is 11.9 Å². The summed E-state index contributed by atoms with van der Waals surface area (Å²) in [4.78, 5) is 15.8. The first-order valence-corrected chi connectivity index (χ1v) is 8.17. The second-order valence-corrected chi connectivity index (χ2v) is 6.22. The van der Waals surface area contributed by atoms with Gasteiger partial charge in [0.05, 0.1) is 11.7 Å². The molecule has 21 heavy (non-hydrogen) atoms. The molecule has 1 fully saturated rings. The average molecular weight is 301 g/mol. The van der Waals surface area contributed by atoms with Crippen molar-refractivity contribution < 1.29 is 4.79 Å². The molecule has 4 nitrogen and oxygen atoms in total. The van der Waals surface area contributed by atoms with Gasteiger partial charge in [-0.1, -0.05) is 18.6 Å². The van der Waals surface area contributed by atoms with Gasteiger partial charge in [-0.2, -0.15) is 0 Å². The van der Waals surface area contributed by atoms with Gasteiger partial charge in [0.25, 0.3) is 0 Å². The van der Waals surface area contributed by atoms with E-state index in [0.717, 1.165) is 23.5 Å². The fraction of sp³-hybridized carbons (Fsp3) is 0.375. The first-order valence-electron chi connectivity index (χ1n) is 7.29. The minimum atomic E-state index is -0.0536. The largest absolute Gasteiger partial charge is 0.326 e. The van der Waals surface area contributed by atoms with E-state index in [0.29, 0.717) is 6.04 Å². The zero-order chi connectivity index (χ0) is 14.7. The van der Waals surface area contributed by atoms with E-state index in [9.17, 15) is 4.79 Å². The molecule has 1 aliphatic heterocycles. The Balaban J connectivity index is 1.74. The van der Waals surface area contributed by atoms with Gasteiger partial charge < -0.3 is 10.6 Å². The van der Waals surface area contributed by atoms with E-state index >= 15 is 0 Å². The maximum absolute atomic E-state index is 11.0. The Bertz CT molecular complexity index is 615. The molecule has 1 unspecified atom stereocenters. The molecule has 0 bridgehead atoms. The van der Waals surface area contributed by atoms with Crippen LogP contribution in [0.1, 0.15) is 37.2 Å². The van der Waals surface area contributed by atoms with E-state index in [2.05, 4.69) is 16.0 Å². The molecular weight excluding hydrogens is 282 g/mol. The third-order valence-corrected chi connectivity index (χ3v) is 4.59. The van der Waals surface area contributed by atoms with Crippen molar-refractivity contribution in [3.63, 3.8) is 0 Å². The quantitative estimate of drug-likeness (QED) is 0.911. The standard InChI is InChI=1S/C16H19N3OS/c1-11(20)18-13-7-5-12(6-8-13)15-10-21-16(19-15)14-4-2-3-9-17-14/h5-8,10,14,17H,2-4,9H2,1H3,(H,18,20). The van der Waals surface area contributed by atoms with Gasteiger partial charge in [-0.05, 0) is 31.5 Å². The number of carbonyl (C=O) groups is 1. The monoisotopic (exact) mass is 301 g/mol. The smallest absolute Gasteiger partial charge is 0.221 e. The van der Waals surface area contributed by atoms with E-state index in [4.69, 9.17) is 4.98 Å². The summed E-state index contributed by atoms with van der Waals surface area (Å²) in [5, 5.41) is 9.59. The number of rotatable bonds is 3. The van der Waals surface area contributed by atoms with Gasteiger partial charge in [0.15, 0.2) is 0 Å². The van der Waals surface area contributed by atoms with Crippen molar-refractivity contribution in [3.05, 3.63) is 34.7 Å². The molecule has 2 N–H and O–H groups in total. The van der Waals surface area contributed by atoms with Crippen LogP contribution in [0.5, 0.6) is 0 Å². The average Bonchev–Trinajstić information content (AvgIpc) is 2.98. The maximum atomic E-state index is 11.0. The second kappa shape index (κ2) is 6.37. The molecule has 2 heterocycles. The van der Waals surface area contributed by atoms with Crippen LogP contribution in [-0.4, -0.2) is 17.4 Å². The second-order valence-electron chi connectivity index (χ2n) is 5.33. The summed E-state index contributed by atoms with van der Waals surface area (Å²) >= 11 is 1.72. The fourth-order valence-corrected chi connectivity index (χ4v) is 3.51. The van der Waals surface area contributed by atoms with Crippen LogP contribution in [-0.2, 0) is 4.79 Å². The summed E-state index contributed by atoms with van der Waals surface area (Å²) in [5.41, 5.74) is 2.91. The lowest BCUT2D eigenvalue weighted by Gasteiger charge is -2.21. The number of carbonyl (C=O) groups excluding carboxylic acids is 1. The molecule has 1 aromatic carbocycles. The summed E-state index contributed by atoms with van der Waals surface area (Å²) < 4.78 is 0. The number of aromatic nitrogens is 1. The highest BCUT2D eigenvalue weighted by molar-refractivity contribution is 7.10. The van der Waals surface area contributed by atoms with Gasteiger partial charge in [-0.15, -0.1) is 11.3 Å². The topological polar surface area (TPSA) is 54.0 Å². The van der Waals surface area contributed by atoms with Crippen molar-refractivity contribution >= 4 is 22.9 Å². The normalized spacial score (nSPS) is 18.4. The van der Waals surface area contributed by atoms with Crippen LogP contribution in [0.15, 0.2) is 29.6 Å². The van der Waals surface area contributed by atoms with E-state index in [1.54, 1.807) is 11.3 Å². The molecule has 1 aliphatic rings. The highest BCUT2D eigenvalue weighted by Crippen LogP contribution is 2.29. The summed E-state index contributed by atoms with van der Waals surface area (Å²) in [7, 11) is 0. The molecule has 0 radical (unpaired) electrons. The Morgan fingerprint density at radius 2 is 2.14 bits per heavy atom. The van der Waals surface area contributed by atoms with Gasteiger partial charge in [0, 0.05) is 23.6 Å². The predicted molar refractivity (Wildman–Crippen MR) is 86.4 cm³/mol. The Kier molecular flexibility index (Phi) is 4.31. The van der Waals surface area contributed by atoms with Crippen molar-refractivity contribution in [2.24, 2.45) is 0 Å². The molecule has 0 saturated carbocycles. The third-order valence-electron chi connectivity index (χ3n) is 3.63. The first-order chi connectivity index (χ1) is 10.2. The lowest BCUT2D eigenvalue weighted by atomic mass is 10.1. The molecular formula is C16H19N3OS. The SMILES string of the molecule is CC(=O)Nc1ccc(-c2csc(C3CCCCN3)n2)cc1. The third kappa shape index (κ3) is 3.49. The fourth-order valence-electron chi connectivity index (χ4n) is 2.57. The molecule has 1 atom stereocenters. The number of nitrogens with zero attached hydrogens (tertiary/aromatic N) is 1. The number of anilines is 1. The number of thiazole rings is 1. The van der Waals surface area contributed by atoms with Crippen LogP contribution in [0, 0.1) is 0 Å². The van der Waals surface area contributed by atoms with E-state index in [1.807, 2.05) is 24.3 Å². The maximum Gasteiger partial charge on any atom is 0.221 e. The molecule has 2 aromatic rings. The molecule has 1 aromatic heterocycles. The number of amides is 1. The molecule has 0 spiro atoms. The van der Waals surface area contributed by atoms with Gasteiger partial charge in [-0.3, -0.25) is 4.79 Å². The number of nitrogens with one attached hydrogen (secondary N) is 2. The number of benzene rings is 1. The van der Waals surface area contributed by atoms with Crippen LogP contribution in [0.3, 0.4) is 0 Å². The summed E-state index contributed by atoms with van der Waals surface area (Å²) in [6.07, 6.45) is 3.71. The van der Waals surface area contributed by atoms with Crippen molar-refractivity contribution in [1.82, 2.24) is 10.3 Å². The lowest BCUT2D eigenvalue weighted by molar-refractivity contribution is -0.114. The summed E-state index contributed by atoms with van der Waals surface area (Å²) in [5.74, 6) is -0.0536. The molecule has 1 saturated heterocycles. The summed E-state index contributed by atoms with van der Waals surface area (Å²) in [6.45, 7) is 2.60. The van der Waals surface area contributed by atoms with Crippen molar-refractivity contribution in [2.45, 2.75) is 32.2 Å². The Labute approximate surface area is 128 Å². The van der Waals surface area contributed by atoms with Gasteiger partial charge in [-0.25, -0.2) is 4.98 Å². The first kappa shape index (κ1) is 14.2. The minimum Gasteiger partial charge on any atom is -0.326 e. The zero-order valence-electron chi connectivity index (χ0n) is 12.1. The minimum absolute atomic E-state index is 0.0536. The number of hydrogen-bond donors (Lipinski definition) is 2.